The van der Waals surface area contributed by atoms with Crippen molar-refractivity contribution in [2.45, 2.75) is 19.8 Å². The molecule has 0 rings (SSSR count). The number of allylic oxidation sites excluding steroid dienone is 1. The highest BCUT2D eigenvalue weighted by Crippen LogP contribution is 2.13. The van der Waals surface area contributed by atoms with Crippen LogP contribution in [0.2, 0.25) is 0 Å². The van der Waals surface area contributed by atoms with Gasteiger partial charge in [0.25, 0.3) is 0 Å². The number of aliphatic carboxylic acids is 2. The molecule has 4 heteroatoms. The Morgan fingerprint density at radius 2 is 1.69 bits per heavy atom. The first kappa shape index (κ1) is 11.4. The summed E-state index contributed by atoms with van der Waals surface area (Å²) in [5.74, 6) is -1.96. The van der Waals surface area contributed by atoms with E-state index < -0.39 is 11.9 Å². The van der Waals surface area contributed by atoms with Crippen molar-refractivity contribution in [2.75, 3.05) is 0 Å². The standard InChI is InChI=1S/C9H12O4/c1-3-7(5-9(12)13)6(2)4-8(10)11/h3H,1,4-5H2,2H3,(H,10,11)(H,12,13)/b7-6-. The third kappa shape index (κ3) is 4.79. The third-order valence-electron chi connectivity index (χ3n) is 1.55. The van der Waals surface area contributed by atoms with E-state index in [1.165, 1.54) is 6.08 Å². The minimum absolute atomic E-state index is 0.144. The lowest BCUT2D eigenvalue weighted by atomic mass is 10.0. The molecule has 0 aliphatic heterocycles. The molecule has 2 N–H and O–H groups in total. The molecule has 4 nitrogen and oxygen atoms in total. The van der Waals surface area contributed by atoms with Gasteiger partial charge in [-0.15, -0.1) is 0 Å². The molecule has 0 unspecified atom stereocenters. The molecule has 0 amide bonds. The average Bonchev–Trinajstić information content (AvgIpc) is 1.98. The normalized spacial score (nSPS) is 11.8. The lowest BCUT2D eigenvalue weighted by Crippen LogP contribution is -2.01. The maximum absolute atomic E-state index is 10.3. The smallest absolute Gasteiger partial charge is 0.307 e. The Labute approximate surface area is 76.2 Å². The van der Waals surface area contributed by atoms with Crippen LogP contribution >= 0.6 is 0 Å². The second kappa shape index (κ2) is 5.13. The lowest BCUT2D eigenvalue weighted by molar-refractivity contribution is -0.137. The summed E-state index contributed by atoms with van der Waals surface area (Å²) >= 11 is 0. The maximum atomic E-state index is 10.3. The number of hydrogen-bond acceptors (Lipinski definition) is 2. The van der Waals surface area contributed by atoms with Crippen LogP contribution in [0.4, 0.5) is 0 Å². The summed E-state index contributed by atoms with van der Waals surface area (Å²) in [7, 11) is 0. The van der Waals surface area contributed by atoms with Gasteiger partial charge in [0.2, 0.25) is 0 Å². The van der Waals surface area contributed by atoms with Crippen molar-refractivity contribution in [3.63, 3.8) is 0 Å². The summed E-state index contributed by atoms with van der Waals surface area (Å²) in [5, 5.41) is 16.9. The van der Waals surface area contributed by atoms with Gasteiger partial charge in [-0.05, 0) is 12.5 Å². The molecule has 0 bridgehead atoms. The van der Waals surface area contributed by atoms with E-state index in [9.17, 15) is 9.59 Å². The molecule has 0 fully saturated rings. The van der Waals surface area contributed by atoms with Crippen molar-refractivity contribution in [3.8, 4) is 0 Å². The maximum Gasteiger partial charge on any atom is 0.307 e. The van der Waals surface area contributed by atoms with Crippen LogP contribution in [-0.4, -0.2) is 22.2 Å². The molecule has 0 saturated heterocycles. The zero-order chi connectivity index (χ0) is 10.4. The number of rotatable bonds is 5. The molecule has 0 aromatic carbocycles. The molecule has 72 valence electrons. The van der Waals surface area contributed by atoms with Crippen molar-refractivity contribution in [3.05, 3.63) is 23.8 Å². The fraction of sp³-hybridized carbons (Fsp3) is 0.333. The quantitative estimate of drug-likeness (QED) is 0.634. The topological polar surface area (TPSA) is 74.6 Å². The number of carboxylic acids is 2. The van der Waals surface area contributed by atoms with Gasteiger partial charge in [-0.3, -0.25) is 9.59 Å². The molecule has 0 aromatic rings. The van der Waals surface area contributed by atoms with E-state index >= 15 is 0 Å². The average molecular weight is 184 g/mol. The first-order valence-corrected chi connectivity index (χ1v) is 3.72. The summed E-state index contributed by atoms with van der Waals surface area (Å²) in [6.45, 7) is 5.02. The Morgan fingerprint density at radius 1 is 1.23 bits per heavy atom. The van der Waals surface area contributed by atoms with E-state index in [4.69, 9.17) is 10.2 Å². The van der Waals surface area contributed by atoms with Crippen LogP contribution in [0, 0.1) is 0 Å². The summed E-state index contributed by atoms with van der Waals surface area (Å²) in [6, 6.07) is 0. The minimum Gasteiger partial charge on any atom is -0.481 e. The van der Waals surface area contributed by atoms with E-state index in [0.717, 1.165) is 0 Å². The predicted octanol–water partition coefficient (Wildman–Crippen LogP) is 1.44. The van der Waals surface area contributed by atoms with Crippen LogP contribution < -0.4 is 0 Å². The van der Waals surface area contributed by atoms with Crippen molar-refractivity contribution in [2.24, 2.45) is 0 Å². The summed E-state index contributed by atoms with van der Waals surface area (Å²) < 4.78 is 0. The van der Waals surface area contributed by atoms with Crippen LogP contribution in [-0.2, 0) is 9.59 Å². The third-order valence-corrected chi connectivity index (χ3v) is 1.55. The van der Waals surface area contributed by atoms with Gasteiger partial charge in [-0.2, -0.15) is 0 Å². The summed E-state index contributed by atoms with van der Waals surface area (Å²) in [5.41, 5.74) is 1.000. The van der Waals surface area contributed by atoms with Gasteiger partial charge in [-0.1, -0.05) is 18.2 Å². The molecular weight excluding hydrogens is 172 g/mol. The Hall–Kier alpha value is -1.58. The van der Waals surface area contributed by atoms with Crippen LogP contribution in [0.25, 0.3) is 0 Å². The predicted molar refractivity (Wildman–Crippen MR) is 47.4 cm³/mol. The van der Waals surface area contributed by atoms with Gasteiger partial charge >= 0.3 is 11.9 Å². The van der Waals surface area contributed by atoms with Gasteiger partial charge in [0, 0.05) is 0 Å². The van der Waals surface area contributed by atoms with E-state index in [0.29, 0.717) is 11.1 Å². The summed E-state index contributed by atoms with van der Waals surface area (Å²) in [4.78, 5) is 20.6. The van der Waals surface area contributed by atoms with Gasteiger partial charge in [0.1, 0.15) is 0 Å². The molecule has 0 heterocycles. The zero-order valence-electron chi connectivity index (χ0n) is 7.41. The summed E-state index contributed by atoms with van der Waals surface area (Å²) in [6.07, 6.45) is 1.06. The molecule has 0 aliphatic rings. The first-order chi connectivity index (χ1) is 5.97. The van der Waals surface area contributed by atoms with Gasteiger partial charge in [-0.25, -0.2) is 0 Å². The van der Waals surface area contributed by atoms with Crippen molar-refractivity contribution < 1.29 is 19.8 Å². The molecule has 0 atom stereocenters. The fourth-order valence-corrected chi connectivity index (χ4v) is 0.901. The van der Waals surface area contributed by atoms with E-state index in [2.05, 4.69) is 6.58 Å². The molecule has 0 aliphatic carbocycles. The Bertz CT molecular complexity index is 263. The Kier molecular flexibility index (Phi) is 4.51. The van der Waals surface area contributed by atoms with Gasteiger partial charge in [0.05, 0.1) is 12.8 Å². The molecule has 0 spiro atoms. The molecule has 0 aromatic heterocycles. The van der Waals surface area contributed by atoms with Gasteiger partial charge in [0.15, 0.2) is 0 Å². The minimum atomic E-state index is -0.986. The van der Waals surface area contributed by atoms with E-state index in [1.54, 1.807) is 6.92 Å². The van der Waals surface area contributed by atoms with Crippen molar-refractivity contribution in [1.82, 2.24) is 0 Å². The van der Waals surface area contributed by atoms with Crippen LogP contribution in [0.3, 0.4) is 0 Å². The molecule has 0 radical (unpaired) electrons. The van der Waals surface area contributed by atoms with Crippen LogP contribution in [0.5, 0.6) is 0 Å². The monoisotopic (exact) mass is 184 g/mol. The Morgan fingerprint density at radius 3 is 2.00 bits per heavy atom. The SMILES string of the molecule is C=C/C(CC(=O)O)=C(\C)CC(=O)O. The number of hydrogen-bond donors (Lipinski definition) is 2. The lowest BCUT2D eigenvalue weighted by Gasteiger charge is -2.02. The second-order valence-corrected chi connectivity index (χ2v) is 2.65. The van der Waals surface area contributed by atoms with Crippen LogP contribution in [0.1, 0.15) is 19.8 Å². The number of carbonyl (C=O) groups is 2. The second-order valence-electron chi connectivity index (χ2n) is 2.65. The van der Waals surface area contributed by atoms with Gasteiger partial charge < -0.3 is 10.2 Å². The largest absolute Gasteiger partial charge is 0.481 e. The first-order valence-electron chi connectivity index (χ1n) is 3.72. The van der Waals surface area contributed by atoms with E-state index in [1.807, 2.05) is 0 Å². The molecule has 13 heavy (non-hydrogen) atoms. The highest BCUT2D eigenvalue weighted by Gasteiger charge is 2.07. The zero-order valence-corrected chi connectivity index (χ0v) is 7.41. The van der Waals surface area contributed by atoms with Crippen LogP contribution in [0.15, 0.2) is 23.8 Å². The molecule has 0 saturated carbocycles. The van der Waals surface area contributed by atoms with Crippen molar-refractivity contribution >= 4 is 11.9 Å². The number of carboxylic acid groups (broad SMARTS) is 2. The Balaban J connectivity index is 4.57. The fourth-order valence-electron chi connectivity index (χ4n) is 0.901. The molecular formula is C9H12O4. The highest BCUT2D eigenvalue weighted by atomic mass is 16.4. The highest BCUT2D eigenvalue weighted by molar-refractivity contribution is 5.74. The van der Waals surface area contributed by atoms with E-state index in [-0.39, 0.29) is 12.8 Å². The van der Waals surface area contributed by atoms with Crippen molar-refractivity contribution in [1.29, 1.82) is 0 Å².